The van der Waals surface area contributed by atoms with Crippen LogP contribution in [0.25, 0.3) is 20.2 Å². The maximum absolute atomic E-state index is 5.87. The van der Waals surface area contributed by atoms with Crippen molar-refractivity contribution in [1.29, 1.82) is 0 Å². The third kappa shape index (κ3) is 2.32. The fraction of sp³-hybridized carbons (Fsp3) is 0.368. The highest BCUT2D eigenvalue weighted by molar-refractivity contribution is 7.26. The SMILES string of the molecule is CCCOc1ccc2c(sc3c(C)c(CC)ccc32)c1C. The van der Waals surface area contributed by atoms with Gasteiger partial charge in [0.25, 0.3) is 0 Å². The Kier molecular flexibility index (Phi) is 3.90. The van der Waals surface area contributed by atoms with Crippen molar-refractivity contribution in [3.05, 3.63) is 41.0 Å². The Morgan fingerprint density at radius 2 is 1.57 bits per heavy atom. The molecule has 1 aromatic heterocycles. The molecule has 110 valence electrons. The minimum absolute atomic E-state index is 0.788. The molecular formula is C19H22OS. The van der Waals surface area contributed by atoms with Crippen molar-refractivity contribution < 1.29 is 4.74 Å². The van der Waals surface area contributed by atoms with Gasteiger partial charge in [-0.3, -0.25) is 0 Å². The average Bonchev–Trinajstić information content (AvgIpc) is 2.88. The largest absolute Gasteiger partial charge is 0.493 e. The van der Waals surface area contributed by atoms with Gasteiger partial charge in [0.15, 0.2) is 0 Å². The van der Waals surface area contributed by atoms with E-state index in [9.17, 15) is 0 Å². The fourth-order valence-corrected chi connectivity index (χ4v) is 4.26. The molecule has 0 aliphatic carbocycles. The minimum atomic E-state index is 0.788. The van der Waals surface area contributed by atoms with E-state index in [1.807, 2.05) is 11.3 Å². The van der Waals surface area contributed by atoms with Crippen molar-refractivity contribution in [3.63, 3.8) is 0 Å². The van der Waals surface area contributed by atoms with Crippen molar-refractivity contribution >= 4 is 31.5 Å². The Morgan fingerprint density at radius 3 is 2.24 bits per heavy atom. The predicted octanol–water partition coefficient (Wildman–Crippen LogP) is 6.02. The topological polar surface area (TPSA) is 9.23 Å². The molecule has 0 unspecified atom stereocenters. The van der Waals surface area contributed by atoms with Crippen molar-refractivity contribution in [2.24, 2.45) is 0 Å². The second-order valence-corrected chi connectivity index (χ2v) is 6.62. The maximum atomic E-state index is 5.87. The zero-order valence-electron chi connectivity index (χ0n) is 13.2. The number of hydrogen-bond donors (Lipinski definition) is 0. The molecule has 3 rings (SSSR count). The fourth-order valence-electron chi connectivity index (χ4n) is 2.95. The lowest BCUT2D eigenvalue weighted by Crippen LogP contribution is -1.96. The first-order valence-electron chi connectivity index (χ1n) is 7.74. The van der Waals surface area contributed by atoms with Crippen LogP contribution in [-0.4, -0.2) is 6.61 Å². The second kappa shape index (κ2) is 5.69. The standard InChI is InChI=1S/C19H22OS/c1-5-11-20-17-10-9-16-15-8-7-14(6-2)12(3)18(15)21-19(16)13(17)4/h7-10H,5-6,11H2,1-4H3. The van der Waals surface area contributed by atoms with Crippen LogP contribution in [0.4, 0.5) is 0 Å². The molecule has 2 heteroatoms. The number of ether oxygens (including phenoxy) is 1. The molecule has 3 aromatic rings. The van der Waals surface area contributed by atoms with Crippen LogP contribution in [0.3, 0.4) is 0 Å². The quantitative estimate of drug-likeness (QED) is 0.572. The summed E-state index contributed by atoms with van der Waals surface area (Å²) in [7, 11) is 0. The number of hydrogen-bond acceptors (Lipinski definition) is 2. The summed E-state index contributed by atoms with van der Waals surface area (Å²) in [5.74, 6) is 1.03. The molecule has 0 spiro atoms. The number of rotatable bonds is 4. The smallest absolute Gasteiger partial charge is 0.123 e. The van der Waals surface area contributed by atoms with E-state index in [0.29, 0.717) is 0 Å². The molecule has 0 saturated carbocycles. The second-order valence-electron chi connectivity index (χ2n) is 5.60. The van der Waals surface area contributed by atoms with Crippen LogP contribution in [-0.2, 0) is 6.42 Å². The van der Waals surface area contributed by atoms with E-state index in [0.717, 1.165) is 25.2 Å². The maximum Gasteiger partial charge on any atom is 0.123 e. The van der Waals surface area contributed by atoms with E-state index in [2.05, 4.69) is 52.0 Å². The van der Waals surface area contributed by atoms with Crippen LogP contribution < -0.4 is 4.74 Å². The lowest BCUT2D eigenvalue weighted by Gasteiger charge is -2.08. The molecule has 0 N–H and O–H groups in total. The number of thiophene rings is 1. The van der Waals surface area contributed by atoms with Gasteiger partial charge >= 0.3 is 0 Å². The molecule has 0 radical (unpaired) electrons. The van der Waals surface area contributed by atoms with Crippen LogP contribution in [0.15, 0.2) is 24.3 Å². The van der Waals surface area contributed by atoms with E-state index >= 15 is 0 Å². The first-order valence-corrected chi connectivity index (χ1v) is 8.56. The monoisotopic (exact) mass is 298 g/mol. The molecule has 0 bridgehead atoms. The number of aryl methyl sites for hydroxylation is 3. The zero-order chi connectivity index (χ0) is 15.0. The van der Waals surface area contributed by atoms with E-state index in [1.165, 1.54) is 36.9 Å². The Hall–Kier alpha value is -1.54. The van der Waals surface area contributed by atoms with Gasteiger partial charge in [-0.15, -0.1) is 11.3 Å². The predicted molar refractivity (Wildman–Crippen MR) is 94.0 cm³/mol. The van der Waals surface area contributed by atoms with Crippen LogP contribution in [0.5, 0.6) is 5.75 Å². The summed E-state index contributed by atoms with van der Waals surface area (Å²) >= 11 is 1.91. The summed E-state index contributed by atoms with van der Waals surface area (Å²) in [5, 5.41) is 2.75. The summed E-state index contributed by atoms with van der Waals surface area (Å²) in [4.78, 5) is 0. The lowest BCUT2D eigenvalue weighted by molar-refractivity contribution is 0.316. The van der Waals surface area contributed by atoms with Gasteiger partial charge in [-0.05, 0) is 49.9 Å². The first kappa shape index (κ1) is 14.4. The van der Waals surface area contributed by atoms with Gasteiger partial charge in [-0.1, -0.05) is 26.0 Å². The van der Waals surface area contributed by atoms with Gasteiger partial charge in [-0.2, -0.15) is 0 Å². The van der Waals surface area contributed by atoms with E-state index in [-0.39, 0.29) is 0 Å². The van der Waals surface area contributed by atoms with Crippen molar-refractivity contribution in [2.45, 2.75) is 40.5 Å². The molecule has 0 saturated heterocycles. The lowest BCUT2D eigenvalue weighted by atomic mass is 10.0. The van der Waals surface area contributed by atoms with Gasteiger partial charge in [0, 0.05) is 25.7 Å². The average molecular weight is 298 g/mol. The van der Waals surface area contributed by atoms with Gasteiger partial charge in [0.2, 0.25) is 0 Å². The van der Waals surface area contributed by atoms with Crippen LogP contribution in [0.1, 0.15) is 37.0 Å². The minimum Gasteiger partial charge on any atom is -0.493 e. The zero-order valence-corrected chi connectivity index (χ0v) is 14.1. The van der Waals surface area contributed by atoms with Gasteiger partial charge in [0.1, 0.15) is 5.75 Å². The molecule has 0 aliphatic rings. The van der Waals surface area contributed by atoms with E-state index in [1.54, 1.807) is 0 Å². The Bertz CT molecular complexity index is 798. The van der Waals surface area contributed by atoms with E-state index in [4.69, 9.17) is 4.74 Å². The van der Waals surface area contributed by atoms with Crippen LogP contribution in [0.2, 0.25) is 0 Å². The molecule has 0 aliphatic heterocycles. The third-order valence-corrected chi connectivity index (χ3v) is 5.67. The number of fused-ring (bicyclic) bond motifs is 3. The third-order valence-electron chi connectivity index (χ3n) is 4.21. The summed E-state index contributed by atoms with van der Waals surface area (Å²) < 4.78 is 8.67. The normalized spacial score (nSPS) is 11.4. The summed E-state index contributed by atoms with van der Waals surface area (Å²) in [6, 6.07) is 8.91. The van der Waals surface area contributed by atoms with Crippen LogP contribution in [0, 0.1) is 13.8 Å². The number of benzene rings is 2. The summed E-state index contributed by atoms with van der Waals surface area (Å²) in [6.45, 7) is 9.59. The highest BCUT2D eigenvalue weighted by Gasteiger charge is 2.13. The molecule has 1 heterocycles. The summed E-state index contributed by atoms with van der Waals surface area (Å²) in [5.41, 5.74) is 4.17. The Balaban J connectivity index is 2.25. The van der Waals surface area contributed by atoms with E-state index < -0.39 is 0 Å². The Labute approximate surface area is 130 Å². The molecule has 1 nitrogen and oxygen atoms in total. The van der Waals surface area contributed by atoms with Crippen molar-refractivity contribution in [1.82, 2.24) is 0 Å². The molecular weight excluding hydrogens is 276 g/mol. The molecule has 0 atom stereocenters. The molecule has 0 fully saturated rings. The van der Waals surface area contributed by atoms with Crippen molar-refractivity contribution in [2.75, 3.05) is 6.61 Å². The van der Waals surface area contributed by atoms with Gasteiger partial charge < -0.3 is 4.74 Å². The molecule has 2 aromatic carbocycles. The Morgan fingerprint density at radius 1 is 0.905 bits per heavy atom. The van der Waals surface area contributed by atoms with Gasteiger partial charge in [0.05, 0.1) is 6.61 Å². The summed E-state index contributed by atoms with van der Waals surface area (Å²) in [6.07, 6.45) is 2.14. The van der Waals surface area contributed by atoms with Gasteiger partial charge in [-0.25, -0.2) is 0 Å². The first-order chi connectivity index (χ1) is 10.2. The van der Waals surface area contributed by atoms with Crippen molar-refractivity contribution in [3.8, 4) is 5.75 Å². The molecule has 0 amide bonds. The van der Waals surface area contributed by atoms with Crippen LogP contribution >= 0.6 is 11.3 Å². The molecule has 21 heavy (non-hydrogen) atoms. The highest BCUT2D eigenvalue weighted by atomic mass is 32.1. The highest BCUT2D eigenvalue weighted by Crippen LogP contribution is 2.41.